The number of halogens is 1. The Balaban J connectivity index is 1.82. The van der Waals surface area contributed by atoms with Gasteiger partial charge in [-0.05, 0) is 54.5 Å². The Hall–Kier alpha value is -4.95. The monoisotopic (exact) mass is 522 g/mol. The minimum absolute atomic E-state index is 0.0456. The lowest BCUT2D eigenvalue weighted by Crippen LogP contribution is -2.13. The van der Waals surface area contributed by atoms with E-state index in [2.05, 4.69) is 5.32 Å². The van der Waals surface area contributed by atoms with Gasteiger partial charge in [-0.15, -0.1) is 0 Å². The van der Waals surface area contributed by atoms with Crippen LogP contribution in [0.3, 0.4) is 0 Å². The van der Waals surface area contributed by atoms with Crippen molar-refractivity contribution in [3.63, 3.8) is 0 Å². The normalized spacial score (nSPS) is 10.8. The van der Waals surface area contributed by atoms with Gasteiger partial charge >= 0.3 is 0 Å². The molecule has 0 saturated carbocycles. The van der Waals surface area contributed by atoms with Crippen LogP contribution >= 0.6 is 11.6 Å². The maximum Gasteiger partial charge on any atom is 0.271 e. The SMILES string of the molecule is CCOc1cc(/C=C(\C#N)C(=O)Nc2cccc([N+](=O)[O-])c2)cc(Cl)c1OCc1ccc([N+](=O)[O-])cc1. The van der Waals surface area contributed by atoms with Gasteiger partial charge < -0.3 is 14.8 Å². The van der Waals surface area contributed by atoms with Crippen molar-refractivity contribution in [1.82, 2.24) is 0 Å². The number of nitro groups is 2. The van der Waals surface area contributed by atoms with Crippen molar-refractivity contribution < 1.29 is 24.1 Å². The lowest BCUT2D eigenvalue weighted by molar-refractivity contribution is -0.385. The predicted molar refractivity (Wildman–Crippen MR) is 135 cm³/mol. The van der Waals surface area contributed by atoms with E-state index in [1.807, 2.05) is 0 Å². The molecule has 3 aromatic rings. The molecular formula is C25H19ClN4O7. The fraction of sp³-hybridized carbons (Fsp3) is 0.120. The number of nitrogens with zero attached hydrogens (tertiary/aromatic N) is 3. The smallest absolute Gasteiger partial charge is 0.271 e. The fourth-order valence-corrected chi connectivity index (χ4v) is 3.43. The second kappa shape index (κ2) is 12.1. The Morgan fingerprint density at radius 2 is 1.76 bits per heavy atom. The first-order valence-electron chi connectivity index (χ1n) is 10.7. The van der Waals surface area contributed by atoms with Gasteiger partial charge in [-0.3, -0.25) is 25.0 Å². The number of non-ortho nitro benzene ring substituents is 2. The molecule has 188 valence electrons. The molecule has 1 N–H and O–H groups in total. The molecule has 1 amide bonds. The first-order chi connectivity index (χ1) is 17.7. The highest BCUT2D eigenvalue weighted by molar-refractivity contribution is 6.32. The van der Waals surface area contributed by atoms with E-state index < -0.39 is 15.8 Å². The second-order valence-electron chi connectivity index (χ2n) is 7.41. The Bertz CT molecular complexity index is 1420. The zero-order chi connectivity index (χ0) is 26.9. The molecule has 0 atom stereocenters. The second-order valence-corrected chi connectivity index (χ2v) is 7.81. The predicted octanol–water partition coefficient (Wildman–Crippen LogP) is 5.68. The van der Waals surface area contributed by atoms with Gasteiger partial charge in [-0.25, -0.2) is 0 Å². The Morgan fingerprint density at radius 1 is 1.05 bits per heavy atom. The highest BCUT2D eigenvalue weighted by atomic mass is 35.5. The van der Waals surface area contributed by atoms with E-state index in [-0.39, 0.29) is 52.4 Å². The summed E-state index contributed by atoms with van der Waals surface area (Å²) in [5.74, 6) is -0.284. The number of hydrogen-bond acceptors (Lipinski definition) is 8. The van der Waals surface area contributed by atoms with Gasteiger partial charge in [0.05, 0.1) is 21.5 Å². The molecule has 0 heterocycles. The third-order valence-electron chi connectivity index (χ3n) is 4.85. The molecular weight excluding hydrogens is 504 g/mol. The molecule has 0 aliphatic heterocycles. The molecule has 0 unspecified atom stereocenters. The number of nitro benzene ring substituents is 2. The van der Waals surface area contributed by atoms with E-state index in [1.54, 1.807) is 31.2 Å². The number of benzene rings is 3. The minimum Gasteiger partial charge on any atom is -0.490 e. The van der Waals surface area contributed by atoms with Gasteiger partial charge in [0.25, 0.3) is 17.3 Å². The van der Waals surface area contributed by atoms with E-state index in [0.29, 0.717) is 11.1 Å². The summed E-state index contributed by atoms with van der Waals surface area (Å²) in [6.45, 7) is 2.08. The van der Waals surface area contributed by atoms with Crippen molar-refractivity contribution in [1.29, 1.82) is 5.26 Å². The quantitative estimate of drug-likeness (QED) is 0.154. The van der Waals surface area contributed by atoms with Crippen LogP contribution in [0, 0.1) is 31.6 Å². The topological polar surface area (TPSA) is 158 Å². The van der Waals surface area contributed by atoms with E-state index in [1.165, 1.54) is 48.5 Å². The molecule has 11 nitrogen and oxygen atoms in total. The molecule has 3 aromatic carbocycles. The third-order valence-corrected chi connectivity index (χ3v) is 5.13. The highest BCUT2D eigenvalue weighted by Gasteiger charge is 2.16. The molecule has 37 heavy (non-hydrogen) atoms. The van der Waals surface area contributed by atoms with E-state index in [4.69, 9.17) is 21.1 Å². The largest absolute Gasteiger partial charge is 0.490 e. The van der Waals surface area contributed by atoms with Crippen LogP contribution in [0.15, 0.2) is 66.2 Å². The number of hydrogen-bond donors (Lipinski definition) is 1. The molecule has 12 heteroatoms. The summed E-state index contributed by atoms with van der Waals surface area (Å²) >= 11 is 6.42. The van der Waals surface area contributed by atoms with E-state index in [9.17, 15) is 30.3 Å². The molecule has 0 fully saturated rings. The molecule has 0 bridgehead atoms. The standard InChI is InChI=1S/C25H19ClN4O7/c1-2-36-23-12-17(10-18(14-27)25(31)28-19-4-3-5-21(13-19)30(34)35)11-22(26)24(23)37-15-16-6-8-20(9-7-16)29(32)33/h3-13H,2,15H2,1H3,(H,28,31)/b18-10+. The zero-order valence-electron chi connectivity index (χ0n) is 19.3. The van der Waals surface area contributed by atoms with Gasteiger partial charge in [-0.2, -0.15) is 5.26 Å². The molecule has 0 aliphatic rings. The van der Waals surface area contributed by atoms with Crippen LogP contribution in [0.5, 0.6) is 11.5 Å². The number of amides is 1. The number of rotatable bonds is 10. The summed E-state index contributed by atoms with van der Waals surface area (Å²) in [7, 11) is 0. The molecule has 0 spiro atoms. The van der Waals surface area contributed by atoms with Crippen LogP contribution < -0.4 is 14.8 Å². The lowest BCUT2D eigenvalue weighted by atomic mass is 10.1. The van der Waals surface area contributed by atoms with Crippen molar-refractivity contribution in [2.45, 2.75) is 13.5 Å². The summed E-state index contributed by atoms with van der Waals surface area (Å²) in [5.41, 5.74) is 0.668. The maximum absolute atomic E-state index is 12.6. The summed E-state index contributed by atoms with van der Waals surface area (Å²) in [6.07, 6.45) is 1.29. The maximum atomic E-state index is 12.6. The van der Waals surface area contributed by atoms with Gasteiger partial charge in [0, 0.05) is 30.0 Å². The van der Waals surface area contributed by atoms with Gasteiger partial charge in [0.1, 0.15) is 18.2 Å². The molecule has 0 radical (unpaired) electrons. The Labute approximate surface area is 215 Å². The first kappa shape index (κ1) is 26.7. The van der Waals surface area contributed by atoms with Gasteiger partial charge in [0.15, 0.2) is 11.5 Å². The van der Waals surface area contributed by atoms with Crippen LogP contribution in [0.25, 0.3) is 6.08 Å². The Morgan fingerprint density at radius 3 is 2.38 bits per heavy atom. The number of nitrogens with one attached hydrogen (secondary N) is 1. The van der Waals surface area contributed by atoms with Crippen LogP contribution in [-0.4, -0.2) is 22.4 Å². The fourth-order valence-electron chi connectivity index (χ4n) is 3.15. The summed E-state index contributed by atoms with van der Waals surface area (Å²) in [4.78, 5) is 33.3. The highest BCUT2D eigenvalue weighted by Crippen LogP contribution is 2.38. The lowest BCUT2D eigenvalue weighted by Gasteiger charge is -2.15. The van der Waals surface area contributed by atoms with Crippen molar-refractivity contribution in [3.8, 4) is 17.6 Å². The van der Waals surface area contributed by atoms with Gasteiger partial charge in [-0.1, -0.05) is 17.7 Å². The third kappa shape index (κ3) is 7.03. The molecule has 0 aliphatic carbocycles. The molecule has 0 saturated heterocycles. The first-order valence-corrected chi connectivity index (χ1v) is 11.1. The summed E-state index contributed by atoms with van der Waals surface area (Å²) in [5, 5.41) is 33.9. The number of ether oxygens (including phenoxy) is 2. The number of anilines is 1. The number of carbonyl (C=O) groups excluding carboxylic acids is 1. The van der Waals surface area contributed by atoms with Crippen LogP contribution in [0.2, 0.25) is 5.02 Å². The van der Waals surface area contributed by atoms with Crippen molar-refractivity contribution in [2.24, 2.45) is 0 Å². The molecule has 0 aromatic heterocycles. The van der Waals surface area contributed by atoms with Crippen molar-refractivity contribution in [2.75, 3.05) is 11.9 Å². The zero-order valence-corrected chi connectivity index (χ0v) is 20.1. The molecule has 3 rings (SSSR count). The van der Waals surface area contributed by atoms with Crippen molar-refractivity contribution in [3.05, 3.63) is 103 Å². The minimum atomic E-state index is -0.768. The average molecular weight is 523 g/mol. The number of carbonyl (C=O) groups is 1. The average Bonchev–Trinajstić information content (AvgIpc) is 2.87. The van der Waals surface area contributed by atoms with E-state index >= 15 is 0 Å². The Kier molecular flexibility index (Phi) is 8.75. The van der Waals surface area contributed by atoms with Crippen molar-refractivity contribution >= 4 is 40.6 Å². The van der Waals surface area contributed by atoms with Crippen LogP contribution in [-0.2, 0) is 11.4 Å². The van der Waals surface area contributed by atoms with Crippen LogP contribution in [0.4, 0.5) is 17.1 Å². The number of nitriles is 1. The van der Waals surface area contributed by atoms with E-state index in [0.717, 1.165) is 0 Å². The van der Waals surface area contributed by atoms with Crippen LogP contribution in [0.1, 0.15) is 18.1 Å². The summed E-state index contributed by atoms with van der Waals surface area (Å²) < 4.78 is 11.4. The van der Waals surface area contributed by atoms with Gasteiger partial charge in [0.2, 0.25) is 0 Å². The summed E-state index contributed by atoms with van der Waals surface area (Å²) in [6, 6.07) is 16.0.